The zero-order chi connectivity index (χ0) is 15.6. The van der Waals surface area contributed by atoms with Gasteiger partial charge in [0.15, 0.2) is 0 Å². The molecule has 2 N–H and O–H groups in total. The number of piperidine rings is 1. The Labute approximate surface area is 119 Å². The molecule has 1 amide bonds. The van der Waals surface area contributed by atoms with Gasteiger partial charge in [-0.1, -0.05) is 6.92 Å². The Balaban J connectivity index is 2.18. The molecule has 0 aliphatic carbocycles. The summed E-state index contributed by atoms with van der Waals surface area (Å²) >= 11 is 0. The van der Waals surface area contributed by atoms with Gasteiger partial charge in [-0.15, -0.1) is 0 Å². The molecule has 116 valence electrons. The summed E-state index contributed by atoms with van der Waals surface area (Å²) in [6, 6.07) is 1.67. The molecule has 1 aliphatic heterocycles. The average molecular weight is 304 g/mol. The Morgan fingerprint density at radius 1 is 1.38 bits per heavy atom. The van der Waals surface area contributed by atoms with E-state index in [0.29, 0.717) is 37.7 Å². The number of hydrogen-bond donors (Lipinski definition) is 2. The minimum atomic E-state index is -4.61. The highest BCUT2D eigenvalue weighted by atomic mass is 19.4. The molecule has 0 unspecified atom stereocenters. The van der Waals surface area contributed by atoms with Crippen molar-refractivity contribution in [3.8, 4) is 0 Å². The first-order chi connectivity index (χ1) is 9.79. The third-order valence-electron chi connectivity index (χ3n) is 3.64. The molecule has 0 bridgehead atoms. The highest BCUT2D eigenvalue weighted by Gasteiger charge is 2.32. The maximum absolute atomic E-state index is 13.6. The van der Waals surface area contributed by atoms with E-state index in [-0.39, 0.29) is 12.0 Å². The predicted molar refractivity (Wildman–Crippen MR) is 69.3 cm³/mol. The van der Waals surface area contributed by atoms with Crippen molar-refractivity contribution < 1.29 is 22.4 Å². The molecule has 1 heterocycles. The van der Waals surface area contributed by atoms with E-state index in [1.54, 1.807) is 0 Å². The summed E-state index contributed by atoms with van der Waals surface area (Å²) in [6.07, 6.45) is -3.95. The van der Waals surface area contributed by atoms with Crippen LogP contribution in [0.3, 0.4) is 0 Å². The third-order valence-corrected chi connectivity index (χ3v) is 3.64. The number of alkyl halides is 3. The van der Waals surface area contributed by atoms with Crippen LogP contribution in [0.15, 0.2) is 18.2 Å². The van der Waals surface area contributed by atoms with Crippen LogP contribution in [0.4, 0.5) is 17.6 Å². The molecular formula is C14H16F4N2O. The van der Waals surface area contributed by atoms with Crippen molar-refractivity contribution in [2.75, 3.05) is 13.1 Å². The van der Waals surface area contributed by atoms with Gasteiger partial charge in [-0.2, -0.15) is 13.2 Å². The van der Waals surface area contributed by atoms with Crippen molar-refractivity contribution >= 4 is 5.91 Å². The molecule has 7 heteroatoms. The van der Waals surface area contributed by atoms with E-state index in [4.69, 9.17) is 0 Å². The van der Waals surface area contributed by atoms with Crippen molar-refractivity contribution in [2.45, 2.75) is 25.6 Å². The second-order valence-electron chi connectivity index (χ2n) is 5.24. The standard InChI is InChI=1S/C14H16F4N2O/c1-8-7-19-5-4-12(8)20-13(21)10-6-9(14(16,17)18)2-3-11(10)15/h2-3,6,8,12,19H,4-5,7H2,1H3,(H,20,21)/t8-,12-/m1/s1. The average Bonchev–Trinajstić information content (AvgIpc) is 2.40. The first-order valence-corrected chi connectivity index (χ1v) is 6.67. The molecule has 2 rings (SSSR count). The van der Waals surface area contributed by atoms with E-state index < -0.39 is 29.0 Å². The predicted octanol–water partition coefficient (Wildman–Crippen LogP) is 2.57. The van der Waals surface area contributed by atoms with Gasteiger partial charge in [-0.05, 0) is 43.6 Å². The molecular weight excluding hydrogens is 288 g/mol. The zero-order valence-electron chi connectivity index (χ0n) is 11.4. The summed E-state index contributed by atoms with van der Waals surface area (Å²) in [5.74, 6) is -1.63. The fraction of sp³-hybridized carbons (Fsp3) is 0.500. The summed E-state index contributed by atoms with van der Waals surface area (Å²) < 4.78 is 51.5. The van der Waals surface area contributed by atoms with Gasteiger partial charge in [-0.3, -0.25) is 4.79 Å². The number of carbonyl (C=O) groups is 1. The van der Waals surface area contributed by atoms with Crippen molar-refractivity contribution in [1.29, 1.82) is 0 Å². The van der Waals surface area contributed by atoms with Gasteiger partial charge in [0.2, 0.25) is 0 Å². The molecule has 3 nitrogen and oxygen atoms in total. The van der Waals surface area contributed by atoms with Gasteiger partial charge in [0.25, 0.3) is 5.91 Å². The minimum Gasteiger partial charge on any atom is -0.349 e. The van der Waals surface area contributed by atoms with Crippen LogP contribution in [-0.4, -0.2) is 25.0 Å². The van der Waals surface area contributed by atoms with Crippen LogP contribution in [0, 0.1) is 11.7 Å². The van der Waals surface area contributed by atoms with E-state index in [2.05, 4.69) is 10.6 Å². The SMILES string of the molecule is C[C@@H]1CNCC[C@H]1NC(=O)c1cc(C(F)(F)F)ccc1F. The molecule has 1 fully saturated rings. The Kier molecular flexibility index (Phi) is 4.51. The molecule has 2 atom stereocenters. The van der Waals surface area contributed by atoms with E-state index >= 15 is 0 Å². The first kappa shape index (κ1) is 15.8. The largest absolute Gasteiger partial charge is 0.416 e. The van der Waals surface area contributed by atoms with Crippen LogP contribution in [0.5, 0.6) is 0 Å². The lowest BCUT2D eigenvalue weighted by Gasteiger charge is -2.30. The quantitative estimate of drug-likeness (QED) is 0.825. The van der Waals surface area contributed by atoms with Crippen molar-refractivity contribution in [3.63, 3.8) is 0 Å². The summed E-state index contributed by atoms with van der Waals surface area (Å²) in [5, 5.41) is 5.76. The Hall–Kier alpha value is -1.63. The molecule has 1 saturated heterocycles. The van der Waals surface area contributed by atoms with Crippen LogP contribution < -0.4 is 10.6 Å². The summed E-state index contributed by atoms with van der Waals surface area (Å²) in [6.45, 7) is 3.33. The van der Waals surface area contributed by atoms with Crippen molar-refractivity contribution in [3.05, 3.63) is 35.1 Å². The van der Waals surface area contributed by atoms with Gasteiger partial charge >= 0.3 is 6.18 Å². The lowest BCUT2D eigenvalue weighted by Crippen LogP contribution is -2.48. The lowest BCUT2D eigenvalue weighted by atomic mass is 9.95. The highest BCUT2D eigenvalue weighted by molar-refractivity contribution is 5.94. The number of benzene rings is 1. The van der Waals surface area contributed by atoms with Gasteiger partial charge in [-0.25, -0.2) is 4.39 Å². The van der Waals surface area contributed by atoms with E-state index in [1.807, 2.05) is 6.92 Å². The normalized spacial score (nSPS) is 22.9. The second kappa shape index (κ2) is 6.01. The van der Waals surface area contributed by atoms with E-state index in [0.717, 1.165) is 0 Å². The molecule has 1 aromatic carbocycles. The molecule has 0 radical (unpaired) electrons. The molecule has 21 heavy (non-hydrogen) atoms. The van der Waals surface area contributed by atoms with Crippen molar-refractivity contribution in [2.24, 2.45) is 5.92 Å². The topological polar surface area (TPSA) is 41.1 Å². The number of amides is 1. The number of hydrogen-bond acceptors (Lipinski definition) is 2. The third kappa shape index (κ3) is 3.72. The second-order valence-corrected chi connectivity index (χ2v) is 5.24. The van der Waals surface area contributed by atoms with Crippen LogP contribution in [0.25, 0.3) is 0 Å². The minimum absolute atomic E-state index is 0.136. The Morgan fingerprint density at radius 3 is 2.71 bits per heavy atom. The van der Waals surface area contributed by atoms with Gasteiger partial charge in [0.05, 0.1) is 11.1 Å². The van der Waals surface area contributed by atoms with Gasteiger partial charge < -0.3 is 10.6 Å². The monoisotopic (exact) mass is 304 g/mol. The smallest absolute Gasteiger partial charge is 0.349 e. The Bertz CT molecular complexity index is 530. The summed E-state index contributed by atoms with van der Waals surface area (Å²) in [5.41, 5.74) is -1.61. The first-order valence-electron chi connectivity index (χ1n) is 6.67. The maximum Gasteiger partial charge on any atom is 0.416 e. The Morgan fingerprint density at radius 2 is 2.10 bits per heavy atom. The number of rotatable bonds is 2. The van der Waals surface area contributed by atoms with Crippen LogP contribution in [0.1, 0.15) is 29.3 Å². The fourth-order valence-corrected chi connectivity index (χ4v) is 2.35. The molecule has 1 aliphatic rings. The molecule has 0 saturated carbocycles. The van der Waals surface area contributed by atoms with Crippen LogP contribution >= 0.6 is 0 Å². The number of carbonyl (C=O) groups excluding carboxylic acids is 1. The molecule has 0 aromatic heterocycles. The highest BCUT2D eigenvalue weighted by Crippen LogP contribution is 2.30. The molecule has 1 aromatic rings. The van der Waals surface area contributed by atoms with Crippen LogP contribution in [0.2, 0.25) is 0 Å². The fourth-order valence-electron chi connectivity index (χ4n) is 2.35. The molecule has 0 spiro atoms. The number of halogens is 4. The van der Waals surface area contributed by atoms with Gasteiger partial charge in [0, 0.05) is 6.04 Å². The number of nitrogens with one attached hydrogen (secondary N) is 2. The van der Waals surface area contributed by atoms with E-state index in [9.17, 15) is 22.4 Å². The zero-order valence-corrected chi connectivity index (χ0v) is 11.4. The summed E-state index contributed by atoms with van der Waals surface area (Å²) in [7, 11) is 0. The van der Waals surface area contributed by atoms with Crippen LogP contribution in [-0.2, 0) is 6.18 Å². The lowest BCUT2D eigenvalue weighted by molar-refractivity contribution is -0.137. The van der Waals surface area contributed by atoms with Crippen molar-refractivity contribution in [1.82, 2.24) is 10.6 Å². The van der Waals surface area contributed by atoms with Gasteiger partial charge in [0.1, 0.15) is 5.82 Å². The summed E-state index contributed by atoms with van der Waals surface area (Å²) in [4.78, 5) is 12.0. The van der Waals surface area contributed by atoms with E-state index in [1.165, 1.54) is 0 Å². The maximum atomic E-state index is 13.6.